The Morgan fingerprint density at radius 3 is 2.69 bits per heavy atom. The van der Waals surface area contributed by atoms with E-state index in [-0.39, 0.29) is 11.3 Å². The minimum Gasteiger partial charge on any atom is -0.496 e. The van der Waals surface area contributed by atoms with E-state index in [1.165, 1.54) is 19.2 Å². The van der Waals surface area contributed by atoms with Gasteiger partial charge >= 0.3 is 5.97 Å². The first-order chi connectivity index (χ1) is 7.47. The number of hydrogen-bond donors (Lipinski definition) is 2. The zero-order valence-electron chi connectivity index (χ0n) is 8.35. The van der Waals surface area contributed by atoms with Crippen molar-refractivity contribution in [3.8, 4) is 5.75 Å². The molecule has 6 heteroatoms. The summed E-state index contributed by atoms with van der Waals surface area (Å²) in [6, 6.07) is 4.57. The van der Waals surface area contributed by atoms with Crippen LogP contribution in [0, 0.1) is 0 Å². The quantitative estimate of drug-likeness (QED) is 0.890. The predicted molar refractivity (Wildman–Crippen MR) is 58.2 cm³/mol. The normalized spacial score (nSPS) is 14.2. The molecule has 0 amide bonds. The minimum atomic E-state index is -2.39. The van der Waals surface area contributed by atoms with Crippen molar-refractivity contribution in [1.82, 2.24) is 0 Å². The summed E-state index contributed by atoms with van der Waals surface area (Å²) in [6.07, 6.45) is -4.15. The maximum Gasteiger partial charge on any atom is 0.341 e. The fraction of sp³-hybridized carbons (Fsp3) is 0.300. The highest BCUT2D eigenvalue weighted by atomic mass is 79.9. The highest BCUT2D eigenvalue weighted by molar-refractivity contribution is 9.10. The van der Waals surface area contributed by atoms with Gasteiger partial charge in [0.05, 0.1) is 7.11 Å². The molecule has 0 aliphatic rings. The monoisotopic (exact) mass is 292 g/mol. The lowest BCUT2D eigenvalue weighted by atomic mass is 10.0. The third-order valence-electron chi connectivity index (χ3n) is 2.02. The van der Waals surface area contributed by atoms with Gasteiger partial charge in [-0.3, -0.25) is 0 Å². The van der Waals surface area contributed by atoms with Crippen LogP contribution >= 0.6 is 15.9 Å². The van der Waals surface area contributed by atoms with Crippen molar-refractivity contribution in [1.29, 1.82) is 0 Å². The topological polar surface area (TPSA) is 66.8 Å². The number of hydrogen-bond acceptors (Lipinski definition) is 3. The number of ether oxygens (including phenoxy) is 1. The standard InChI is InChI=1S/C10H10BrFO4/c1-16-7-3-2-5(11)4-6(7)9(13)8(12)10(14)15/h2-4,8-9,13H,1H3,(H,14,15). The zero-order chi connectivity index (χ0) is 12.3. The lowest BCUT2D eigenvalue weighted by Gasteiger charge is -2.16. The SMILES string of the molecule is COc1ccc(Br)cc1C(O)C(F)C(=O)O. The van der Waals surface area contributed by atoms with Gasteiger partial charge in [-0.15, -0.1) is 0 Å². The lowest BCUT2D eigenvalue weighted by Crippen LogP contribution is -2.23. The Morgan fingerprint density at radius 2 is 2.19 bits per heavy atom. The maximum atomic E-state index is 13.1. The number of carboxylic acids is 1. The number of aliphatic hydroxyl groups excluding tert-OH is 1. The molecule has 0 radical (unpaired) electrons. The molecular formula is C10H10BrFO4. The van der Waals surface area contributed by atoms with Crippen molar-refractivity contribution in [2.75, 3.05) is 7.11 Å². The van der Waals surface area contributed by atoms with Gasteiger partial charge in [0.25, 0.3) is 0 Å². The summed E-state index contributed by atoms with van der Waals surface area (Å²) in [7, 11) is 1.35. The van der Waals surface area contributed by atoms with Crippen molar-refractivity contribution in [2.24, 2.45) is 0 Å². The molecule has 1 aromatic carbocycles. The fourth-order valence-electron chi connectivity index (χ4n) is 1.23. The van der Waals surface area contributed by atoms with Gasteiger partial charge in [-0.25, -0.2) is 9.18 Å². The molecule has 2 unspecified atom stereocenters. The Balaban J connectivity index is 3.10. The van der Waals surface area contributed by atoms with Crippen LogP contribution in [0.4, 0.5) is 4.39 Å². The molecule has 0 saturated carbocycles. The summed E-state index contributed by atoms with van der Waals surface area (Å²) in [5.74, 6) is -1.48. The maximum absolute atomic E-state index is 13.1. The summed E-state index contributed by atoms with van der Waals surface area (Å²) in [5.41, 5.74) is 0.0896. The minimum absolute atomic E-state index is 0.0896. The molecule has 0 bridgehead atoms. The highest BCUT2D eigenvalue weighted by Gasteiger charge is 2.29. The van der Waals surface area contributed by atoms with Crippen LogP contribution in [0.25, 0.3) is 0 Å². The van der Waals surface area contributed by atoms with Crippen molar-refractivity contribution in [3.63, 3.8) is 0 Å². The number of halogens is 2. The van der Waals surface area contributed by atoms with Crippen molar-refractivity contribution in [2.45, 2.75) is 12.3 Å². The van der Waals surface area contributed by atoms with E-state index in [1.807, 2.05) is 0 Å². The number of alkyl halides is 1. The highest BCUT2D eigenvalue weighted by Crippen LogP contribution is 2.31. The van der Waals surface area contributed by atoms with Gasteiger partial charge in [0, 0.05) is 10.0 Å². The molecule has 0 spiro atoms. The molecule has 2 atom stereocenters. The molecule has 88 valence electrons. The van der Waals surface area contributed by atoms with Crippen molar-refractivity contribution in [3.05, 3.63) is 28.2 Å². The predicted octanol–water partition coefficient (Wildman–Crippen LogP) is 1.91. The van der Waals surface area contributed by atoms with E-state index in [0.29, 0.717) is 4.47 Å². The summed E-state index contributed by atoms with van der Waals surface area (Å²) < 4.78 is 18.6. The molecule has 0 fully saturated rings. The van der Waals surface area contributed by atoms with Crippen molar-refractivity contribution >= 4 is 21.9 Å². The van der Waals surface area contributed by atoms with Crippen LogP contribution in [0.2, 0.25) is 0 Å². The molecule has 0 aliphatic heterocycles. The van der Waals surface area contributed by atoms with Crippen LogP contribution in [0.3, 0.4) is 0 Å². The number of carbonyl (C=O) groups is 1. The number of aliphatic carboxylic acids is 1. The number of carboxylic acid groups (broad SMARTS) is 1. The second-order valence-corrected chi connectivity index (χ2v) is 3.99. The molecule has 2 N–H and O–H groups in total. The third-order valence-corrected chi connectivity index (χ3v) is 2.52. The van der Waals surface area contributed by atoms with Gasteiger partial charge < -0.3 is 14.9 Å². The van der Waals surface area contributed by atoms with Crippen LogP contribution < -0.4 is 4.74 Å². The Bertz CT molecular complexity index is 396. The molecule has 4 nitrogen and oxygen atoms in total. The van der Waals surface area contributed by atoms with E-state index >= 15 is 0 Å². The number of methoxy groups -OCH3 is 1. The second-order valence-electron chi connectivity index (χ2n) is 3.07. The smallest absolute Gasteiger partial charge is 0.341 e. The Hall–Kier alpha value is -1.14. The Labute approximate surface area is 99.8 Å². The molecule has 0 saturated heterocycles. The Morgan fingerprint density at radius 1 is 1.56 bits per heavy atom. The molecule has 0 aromatic heterocycles. The molecule has 0 heterocycles. The van der Waals surface area contributed by atoms with E-state index < -0.39 is 18.2 Å². The first kappa shape index (κ1) is 12.9. The second kappa shape index (κ2) is 5.27. The number of aliphatic hydroxyl groups is 1. The van der Waals surface area contributed by atoms with Crippen molar-refractivity contribution < 1.29 is 24.1 Å². The molecule has 1 aromatic rings. The number of benzene rings is 1. The van der Waals surface area contributed by atoms with Gasteiger partial charge in [0.15, 0.2) is 0 Å². The van der Waals surface area contributed by atoms with Gasteiger partial charge in [-0.05, 0) is 18.2 Å². The van der Waals surface area contributed by atoms with E-state index in [2.05, 4.69) is 15.9 Å². The van der Waals surface area contributed by atoms with Crippen LogP contribution in [-0.4, -0.2) is 29.5 Å². The molecule has 16 heavy (non-hydrogen) atoms. The summed E-state index contributed by atoms with van der Waals surface area (Å²) >= 11 is 3.14. The first-order valence-corrected chi connectivity index (χ1v) is 5.15. The Kier molecular flexibility index (Phi) is 4.26. The largest absolute Gasteiger partial charge is 0.496 e. The van der Waals surface area contributed by atoms with E-state index in [4.69, 9.17) is 9.84 Å². The lowest BCUT2D eigenvalue weighted by molar-refractivity contribution is -0.147. The van der Waals surface area contributed by atoms with E-state index in [1.54, 1.807) is 6.07 Å². The van der Waals surface area contributed by atoms with Gasteiger partial charge in [-0.2, -0.15) is 0 Å². The van der Waals surface area contributed by atoms with E-state index in [9.17, 15) is 14.3 Å². The van der Waals surface area contributed by atoms with Gasteiger partial charge in [0.2, 0.25) is 6.17 Å². The molecule has 1 rings (SSSR count). The third kappa shape index (κ3) is 2.70. The summed E-state index contributed by atoms with van der Waals surface area (Å²) in [4.78, 5) is 10.4. The van der Waals surface area contributed by atoms with Crippen LogP contribution in [0.1, 0.15) is 11.7 Å². The molecule has 0 aliphatic carbocycles. The molecular weight excluding hydrogens is 283 g/mol. The zero-order valence-corrected chi connectivity index (χ0v) is 9.94. The number of rotatable bonds is 4. The average molecular weight is 293 g/mol. The summed E-state index contributed by atoms with van der Waals surface area (Å²) in [6.45, 7) is 0. The van der Waals surface area contributed by atoms with Crippen LogP contribution in [0.15, 0.2) is 22.7 Å². The average Bonchev–Trinajstić information content (AvgIpc) is 2.26. The fourth-order valence-corrected chi connectivity index (χ4v) is 1.61. The van der Waals surface area contributed by atoms with Gasteiger partial charge in [0.1, 0.15) is 11.9 Å². The first-order valence-electron chi connectivity index (χ1n) is 4.35. The van der Waals surface area contributed by atoms with Crippen LogP contribution in [-0.2, 0) is 4.79 Å². The van der Waals surface area contributed by atoms with Crippen LogP contribution in [0.5, 0.6) is 5.75 Å². The van der Waals surface area contributed by atoms with E-state index in [0.717, 1.165) is 0 Å². The summed E-state index contributed by atoms with van der Waals surface area (Å²) in [5, 5.41) is 18.0. The van der Waals surface area contributed by atoms with Gasteiger partial charge in [-0.1, -0.05) is 15.9 Å².